The zero-order valence-corrected chi connectivity index (χ0v) is 23.0. The number of carbonyl (C=O) groups excluding carboxylic acids is 1. The van der Waals surface area contributed by atoms with Gasteiger partial charge in [-0.25, -0.2) is 21.1 Å². The van der Waals surface area contributed by atoms with Crippen molar-refractivity contribution in [2.45, 2.75) is 30.9 Å². The Morgan fingerprint density at radius 3 is 2.41 bits per heavy atom. The lowest BCUT2D eigenvalue weighted by Gasteiger charge is -2.38. The predicted octanol–water partition coefficient (Wildman–Crippen LogP) is 1.61. The number of fused-ring (bicyclic) bond motifs is 1. The average molecular weight is 556 g/mol. The fraction of sp³-hybridized carbons (Fsp3) is 0.458. The maximum Gasteiger partial charge on any atom is 0.262 e. The SMILES string of the molecule is COc1ccc(S(=O)(=O)Nc2cccc3c2O[C@@H](CN(C)S(C)(=O)=O)[C@@H](C)CN([C@H](C)CO)C3=O)cc1. The van der Waals surface area contributed by atoms with Gasteiger partial charge < -0.3 is 19.5 Å². The third-order valence-corrected chi connectivity index (χ3v) is 8.97. The van der Waals surface area contributed by atoms with Gasteiger partial charge in [0.1, 0.15) is 11.9 Å². The molecular formula is C24H33N3O8S2. The highest BCUT2D eigenvalue weighted by atomic mass is 32.2. The number of amides is 1. The number of anilines is 1. The van der Waals surface area contributed by atoms with Crippen LogP contribution >= 0.6 is 0 Å². The molecular weight excluding hydrogens is 522 g/mol. The molecule has 1 aliphatic heterocycles. The molecule has 0 aromatic heterocycles. The number of benzene rings is 2. The van der Waals surface area contributed by atoms with Gasteiger partial charge in [-0.1, -0.05) is 13.0 Å². The Morgan fingerprint density at radius 2 is 1.84 bits per heavy atom. The first-order chi connectivity index (χ1) is 17.3. The van der Waals surface area contributed by atoms with Crippen LogP contribution in [-0.4, -0.2) is 89.3 Å². The lowest BCUT2D eigenvalue weighted by atomic mass is 9.99. The van der Waals surface area contributed by atoms with E-state index in [0.717, 1.165) is 10.6 Å². The van der Waals surface area contributed by atoms with Crippen molar-refractivity contribution in [3.05, 3.63) is 48.0 Å². The van der Waals surface area contributed by atoms with Crippen LogP contribution in [0.25, 0.3) is 0 Å². The number of ether oxygens (including phenoxy) is 2. The molecule has 1 heterocycles. The fourth-order valence-electron chi connectivity index (χ4n) is 3.89. The number of hydrogen-bond acceptors (Lipinski definition) is 8. The van der Waals surface area contributed by atoms with E-state index in [2.05, 4.69) is 4.72 Å². The van der Waals surface area contributed by atoms with Crippen molar-refractivity contribution < 1.29 is 36.2 Å². The van der Waals surface area contributed by atoms with E-state index in [9.17, 15) is 26.7 Å². The molecule has 1 amide bonds. The van der Waals surface area contributed by atoms with Gasteiger partial charge in [-0.05, 0) is 43.3 Å². The standard InChI is InChI=1S/C24H33N3O8S2/c1-16-13-27(17(2)15-28)24(29)20-7-6-8-21(23(20)35-22(16)14-26(3)36(5,30)31)25-37(32,33)19-11-9-18(34-4)10-12-19/h6-12,16-17,22,25,28H,13-15H2,1-5H3/t16-,17+,22-/m0/s1. The summed E-state index contributed by atoms with van der Waals surface area (Å²) in [5, 5.41) is 9.78. The van der Waals surface area contributed by atoms with Gasteiger partial charge >= 0.3 is 0 Å². The lowest BCUT2D eigenvalue weighted by molar-refractivity contribution is 0.0389. The van der Waals surface area contributed by atoms with E-state index in [0.29, 0.717) is 5.75 Å². The largest absolute Gasteiger partial charge is 0.497 e. The average Bonchev–Trinajstić information content (AvgIpc) is 2.85. The number of methoxy groups -OCH3 is 1. The summed E-state index contributed by atoms with van der Waals surface area (Å²) in [5.41, 5.74) is 0.119. The Balaban J connectivity index is 2.10. The minimum absolute atomic E-state index is 0.0156. The quantitative estimate of drug-likeness (QED) is 0.475. The third kappa shape index (κ3) is 6.53. The summed E-state index contributed by atoms with van der Waals surface area (Å²) in [6.45, 7) is 3.38. The Bertz CT molecular complexity index is 1330. The van der Waals surface area contributed by atoms with Crippen molar-refractivity contribution in [3.63, 3.8) is 0 Å². The molecule has 2 N–H and O–H groups in total. The molecule has 13 heteroatoms. The molecule has 2 aromatic rings. The predicted molar refractivity (Wildman–Crippen MR) is 139 cm³/mol. The molecule has 2 aromatic carbocycles. The van der Waals surface area contributed by atoms with Crippen LogP contribution in [-0.2, 0) is 20.0 Å². The molecule has 0 aliphatic carbocycles. The number of carbonyl (C=O) groups is 1. The Hall–Kier alpha value is -2.87. The van der Waals surface area contributed by atoms with Crippen molar-refractivity contribution in [1.29, 1.82) is 0 Å². The number of nitrogens with one attached hydrogen (secondary N) is 1. The number of sulfonamides is 2. The first-order valence-electron chi connectivity index (χ1n) is 11.6. The molecule has 3 rings (SSSR count). The van der Waals surface area contributed by atoms with E-state index in [1.807, 2.05) is 0 Å². The molecule has 1 aliphatic rings. The smallest absolute Gasteiger partial charge is 0.262 e. The molecule has 204 valence electrons. The van der Waals surface area contributed by atoms with E-state index < -0.39 is 38.1 Å². The van der Waals surface area contributed by atoms with E-state index in [1.165, 1.54) is 61.5 Å². The second kappa shape index (κ2) is 11.3. The topological polar surface area (TPSA) is 143 Å². The summed E-state index contributed by atoms with van der Waals surface area (Å²) in [4.78, 5) is 15.0. The highest BCUT2D eigenvalue weighted by Crippen LogP contribution is 2.36. The summed E-state index contributed by atoms with van der Waals surface area (Å²) in [6.07, 6.45) is 0.346. The molecule has 0 bridgehead atoms. The second-order valence-corrected chi connectivity index (χ2v) is 12.9. The van der Waals surface area contributed by atoms with Crippen LogP contribution in [0.5, 0.6) is 11.5 Å². The fourth-order valence-corrected chi connectivity index (χ4v) is 5.37. The van der Waals surface area contributed by atoms with Gasteiger partial charge in [0.05, 0.1) is 48.7 Å². The van der Waals surface area contributed by atoms with Crippen LogP contribution < -0.4 is 14.2 Å². The molecule has 0 radical (unpaired) electrons. The first-order valence-corrected chi connectivity index (χ1v) is 14.9. The first kappa shape index (κ1) is 28.7. The van der Waals surface area contributed by atoms with E-state index in [1.54, 1.807) is 13.8 Å². The zero-order valence-electron chi connectivity index (χ0n) is 21.4. The zero-order chi connectivity index (χ0) is 27.5. The van der Waals surface area contributed by atoms with E-state index in [4.69, 9.17) is 9.47 Å². The highest BCUT2D eigenvalue weighted by Gasteiger charge is 2.35. The molecule has 0 saturated carbocycles. The normalized spacial score (nSPS) is 19.4. The minimum Gasteiger partial charge on any atom is -0.497 e. The molecule has 37 heavy (non-hydrogen) atoms. The Morgan fingerprint density at radius 1 is 1.19 bits per heavy atom. The lowest BCUT2D eigenvalue weighted by Crippen LogP contribution is -2.50. The Labute approximate surface area is 218 Å². The van der Waals surface area contributed by atoms with Gasteiger partial charge in [0.15, 0.2) is 5.75 Å². The maximum absolute atomic E-state index is 13.5. The second-order valence-electron chi connectivity index (χ2n) is 9.13. The van der Waals surface area contributed by atoms with Crippen molar-refractivity contribution in [2.24, 2.45) is 5.92 Å². The van der Waals surface area contributed by atoms with Crippen molar-refractivity contribution >= 4 is 31.6 Å². The van der Waals surface area contributed by atoms with Gasteiger partial charge in [-0.3, -0.25) is 9.52 Å². The minimum atomic E-state index is -4.08. The Kier molecular flexibility index (Phi) is 8.73. The van der Waals surface area contributed by atoms with Crippen LogP contribution in [0.4, 0.5) is 5.69 Å². The van der Waals surface area contributed by atoms with Gasteiger partial charge in [0.25, 0.3) is 15.9 Å². The van der Waals surface area contributed by atoms with Crippen molar-refractivity contribution in [3.8, 4) is 11.5 Å². The van der Waals surface area contributed by atoms with Crippen LogP contribution in [0.3, 0.4) is 0 Å². The monoisotopic (exact) mass is 555 g/mol. The number of aliphatic hydroxyl groups is 1. The van der Waals surface area contributed by atoms with E-state index >= 15 is 0 Å². The molecule has 0 saturated heterocycles. The van der Waals surface area contributed by atoms with Gasteiger partial charge in [-0.15, -0.1) is 0 Å². The van der Waals surface area contributed by atoms with Gasteiger partial charge in [0, 0.05) is 19.5 Å². The summed E-state index contributed by atoms with van der Waals surface area (Å²) in [5.74, 6) is -0.328. The molecule has 3 atom stereocenters. The summed E-state index contributed by atoms with van der Waals surface area (Å²) in [6, 6.07) is 9.76. The number of para-hydroxylation sites is 1. The number of rotatable bonds is 9. The number of hydrogen-bond donors (Lipinski definition) is 2. The van der Waals surface area contributed by atoms with Crippen LogP contribution in [0.2, 0.25) is 0 Å². The number of aliphatic hydroxyl groups excluding tert-OH is 1. The molecule has 0 fully saturated rings. The number of nitrogens with zero attached hydrogens (tertiary/aromatic N) is 2. The van der Waals surface area contributed by atoms with Gasteiger partial charge in [0.2, 0.25) is 10.0 Å². The third-order valence-electron chi connectivity index (χ3n) is 6.31. The summed E-state index contributed by atoms with van der Waals surface area (Å²) in [7, 11) is -4.73. The number of likely N-dealkylation sites (N-methyl/N-ethyl adjacent to an activating group) is 1. The maximum atomic E-state index is 13.5. The molecule has 0 unspecified atom stereocenters. The van der Waals surface area contributed by atoms with Crippen molar-refractivity contribution in [2.75, 3.05) is 44.8 Å². The molecule has 11 nitrogen and oxygen atoms in total. The van der Waals surface area contributed by atoms with Gasteiger partial charge in [-0.2, -0.15) is 0 Å². The van der Waals surface area contributed by atoms with Crippen molar-refractivity contribution in [1.82, 2.24) is 9.21 Å². The van der Waals surface area contributed by atoms with Crippen LogP contribution in [0, 0.1) is 5.92 Å². The molecule has 0 spiro atoms. The summed E-state index contributed by atoms with van der Waals surface area (Å²) < 4.78 is 65.5. The van der Waals surface area contributed by atoms with Crippen LogP contribution in [0.1, 0.15) is 24.2 Å². The summed E-state index contributed by atoms with van der Waals surface area (Å²) >= 11 is 0. The highest BCUT2D eigenvalue weighted by molar-refractivity contribution is 7.92. The van der Waals surface area contributed by atoms with Crippen LogP contribution in [0.15, 0.2) is 47.4 Å². The van der Waals surface area contributed by atoms with E-state index in [-0.39, 0.29) is 47.5 Å².